The molecule has 0 unspecified atom stereocenters. The highest BCUT2D eigenvalue weighted by atomic mass is 127. The quantitative estimate of drug-likeness (QED) is 0.174. The lowest BCUT2D eigenvalue weighted by atomic mass is 10.1. The zero-order chi connectivity index (χ0) is 17.1. The number of hydrogen-bond donors (Lipinski definition) is 3. The molecule has 1 aromatic carbocycles. The summed E-state index contributed by atoms with van der Waals surface area (Å²) >= 11 is 1.86. The Labute approximate surface area is 151 Å². The third-order valence-electron chi connectivity index (χ3n) is 3.40. The van der Waals surface area contributed by atoms with Gasteiger partial charge in [-0.05, 0) is 42.7 Å². The molecule has 0 spiro atoms. The standard InChI is InChI=1S/C16H25IN4O2/c1-23-14-9-7-13(8-10-14)15(18)12-21(19)11-5-3-2-4-6-16(22)20-17/h7-10,12H,2-6,11,18-19H2,1H3,(H,20,22)/b15-12-. The van der Waals surface area contributed by atoms with Crippen LogP contribution in [-0.2, 0) is 4.79 Å². The summed E-state index contributed by atoms with van der Waals surface area (Å²) in [7, 11) is 1.63. The number of methoxy groups -OCH3 is 1. The van der Waals surface area contributed by atoms with Crippen molar-refractivity contribution >= 4 is 34.5 Å². The molecule has 7 heteroatoms. The molecule has 1 amide bonds. The number of nitrogens with two attached hydrogens (primary N) is 2. The van der Waals surface area contributed by atoms with E-state index in [0.29, 0.717) is 12.1 Å². The molecule has 0 saturated carbocycles. The maximum atomic E-state index is 11.1. The van der Waals surface area contributed by atoms with Gasteiger partial charge < -0.3 is 15.5 Å². The molecule has 0 fully saturated rings. The van der Waals surface area contributed by atoms with Crippen LogP contribution >= 0.6 is 22.9 Å². The van der Waals surface area contributed by atoms with E-state index in [4.69, 9.17) is 16.3 Å². The van der Waals surface area contributed by atoms with E-state index < -0.39 is 0 Å². The summed E-state index contributed by atoms with van der Waals surface area (Å²) in [6, 6.07) is 7.53. The fraction of sp³-hybridized carbons (Fsp3) is 0.438. The second-order valence-electron chi connectivity index (χ2n) is 5.23. The number of carbonyl (C=O) groups excluding carboxylic acids is 1. The van der Waals surface area contributed by atoms with Crippen LogP contribution in [0.15, 0.2) is 30.5 Å². The van der Waals surface area contributed by atoms with Gasteiger partial charge in [-0.15, -0.1) is 0 Å². The number of unbranched alkanes of at least 4 members (excludes halogenated alkanes) is 3. The van der Waals surface area contributed by atoms with Gasteiger partial charge in [0, 0.05) is 19.2 Å². The number of hydrazine groups is 1. The van der Waals surface area contributed by atoms with E-state index in [1.807, 2.05) is 47.1 Å². The van der Waals surface area contributed by atoms with Crippen molar-refractivity contribution in [3.8, 4) is 5.75 Å². The molecule has 1 rings (SSSR count). The Kier molecular flexibility index (Phi) is 9.46. The highest BCUT2D eigenvalue weighted by molar-refractivity contribution is 14.1. The molecular weight excluding hydrogens is 407 g/mol. The number of ether oxygens (including phenoxy) is 1. The van der Waals surface area contributed by atoms with Crippen molar-refractivity contribution in [3.05, 3.63) is 36.0 Å². The minimum atomic E-state index is 0.0845. The van der Waals surface area contributed by atoms with Crippen LogP contribution in [0.4, 0.5) is 0 Å². The number of halogens is 1. The zero-order valence-electron chi connectivity index (χ0n) is 13.4. The first-order chi connectivity index (χ1) is 11.1. The fourth-order valence-electron chi connectivity index (χ4n) is 2.08. The van der Waals surface area contributed by atoms with Crippen molar-refractivity contribution in [3.63, 3.8) is 0 Å². The number of nitrogens with one attached hydrogen (secondary N) is 1. The predicted octanol–water partition coefficient (Wildman–Crippen LogP) is 2.54. The summed E-state index contributed by atoms with van der Waals surface area (Å²) in [4.78, 5) is 11.1. The van der Waals surface area contributed by atoms with Crippen LogP contribution in [0.1, 0.15) is 37.7 Å². The lowest BCUT2D eigenvalue weighted by molar-refractivity contribution is -0.118. The smallest absolute Gasteiger partial charge is 0.228 e. The van der Waals surface area contributed by atoms with Crippen molar-refractivity contribution in [1.29, 1.82) is 0 Å². The Balaban J connectivity index is 2.28. The topological polar surface area (TPSA) is 93.6 Å². The summed E-state index contributed by atoms with van der Waals surface area (Å²) in [5.41, 5.74) is 7.57. The highest BCUT2D eigenvalue weighted by Crippen LogP contribution is 2.15. The third-order valence-corrected chi connectivity index (χ3v) is 4.01. The van der Waals surface area contributed by atoms with Gasteiger partial charge in [0.05, 0.1) is 35.7 Å². The lowest BCUT2D eigenvalue weighted by Gasteiger charge is -2.15. The van der Waals surface area contributed by atoms with E-state index in [2.05, 4.69) is 3.53 Å². The molecule has 0 heterocycles. The molecule has 0 aliphatic carbocycles. The van der Waals surface area contributed by atoms with E-state index in [0.717, 1.165) is 43.5 Å². The average molecular weight is 432 g/mol. The number of hydrogen-bond acceptors (Lipinski definition) is 5. The van der Waals surface area contributed by atoms with Gasteiger partial charge in [-0.1, -0.05) is 12.8 Å². The summed E-state index contributed by atoms with van der Waals surface area (Å²) in [6.45, 7) is 0.731. The van der Waals surface area contributed by atoms with Crippen molar-refractivity contribution in [2.75, 3.05) is 13.7 Å². The summed E-state index contributed by atoms with van der Waals surface area (Å²) < 4.78 is 7.71. The molecule has 1 aromatic rings. The maximum Gasteiger partial charge on any atom is 0.228 e. The zero-order valence-corrected chi connectivity index (χ0v) is 15.6. The molecule has 5 N–H and O–H groups in total. The Hall–Kier alpha value is -1.48. The van der Waals surface area contributed by atoms with Crippen molar-refractivity contribution in [1.82, 2.24) is 8.54 Å². The van der Waals surface area contributed by atoms with E-state index in [1.165, 1.54) is 0 Å². The normalized spacial score (nSPS) is 11.2. The Morgan fingerprint density at radius 3 is 2.52 bits per heavy atom. The van der Waals surface area contributed by atoms with Crippen LogP contribution in [-0.4, -0.2) is 24.6 Å². The number of nitrogens with zero attached hydrogens (tertiary/aromatic N) is 1. The summed E-state index contributed by atoms with van der Waals surface area (Å²) in [5.74, 6) is 6.82. The second-order valence-corrected chi connectivity index (χ2v) is 5.77. The minimum absolute atomic E-state index is 0.0845. The van der Waals surface area contributed by atoms with Crippen molar-refractivity contribution in [2.24, 2.45) is 11.6 Å². The SMILES string of the molecule is COc1ccc(/C(N)=C/N(N)CCCCCCC(=O)NI)cc1. The Morgan fingerprint density at radius 2 is 1.91 bits per heavy atom. The van der Waals surface area contributed by atoms with Gasteiger partial charge in [0.2, 0.25) is 5.91 Å². The summed E-state index contributed by atoms with van der Waals surface area (Å²) in [5, 5.41) is 1.61. The van der Waals surface area contributed by atoms with Gasteiger partial charge in [0.25, 0.3) is 0 Å². The first kappa shape index (κ1) is 19.6. The molecule has 0 aromatic heterocycles. The predicted molar refractivity (Wildman–Crippen MR) is 101 cm³/mol. The van der Waals surface area contributed by atoms with Crippen LogP contribution < -0.4 is 19.8 Å². The van der Waals surface area contributed by atoms with Gasteiger partial charge in [-0.25, -0.2) is 5.84 Å². The molecule has 0 aliphatic heterocycles. The fourth-order valence-corrected chi connectivity index (χ4v) is 2.35. The highest BCUT2D eigenvalue weighted by Gasteiger charge is 2.01. The average Bonchev–Trinajstić information content (AvgIpc) is 2.57. The monoisotopic (exact) mass is 432 g/mol. The Bertz CT molecular complexity index is 505. The molecule has 0 radical (unpaired) electrons. The molecule has 6 nitrogen and oxygen atoms in total. The van der Waals surface area contributed by atoms with Gasteiger partial charge in [-0.3, -0.25) is 8.32 Å². The van der Waals surface area contributed by atoms with Gasteiger partial charge in [-0.2, -0.15) is 0 Å². The number of carbonyl (C=O) groups is 1. The van der Waals surface area contributed by atoms with Gasteiger partial charge in [0.15, 0.2) is 0 Å². The van der Waals surface area contributed by atoms with Crippen LogP contribution in [0.25, 0.3) is 5.70 Å². The molecule has 128 valence electrons. The lowest BCUT2D eigenvalue weighted by Crippen LogP contribution is -2.27. The van der Waals surface area contributed by atoms with Crippen molar-refractivity contribution in [2.45, 2.75) is 32.1 Å². The molecule has 0 atom stereocenters. The van der Waals surface area contributed by atoms with Crippen molar-refractivity contribution < 1.29 is 9.53 Å². The van der Waals surface area contributed by atoms with Crippen LogP contribution in [0.3, 0.4) is 0 Å². The minimum Gasteiger partial charge on any atom is -0.497 e. The van der Waals surface area contributed by atoms with Crippen LogP contribution in [0.5, 0.6) is 5.75 Å². The first-order valence-electron chi connectivity index (χ1n) is 7.59. The summed E-state index contributed by atoms with van der Waals surface area (Å²) in [6.07, 6.45) is 6.26. The number of rotatable bonds is 10. The van der Waals surface area contributed by atoms with E-state index in [9.17, 15) is 4.79 Å². The molecule has 0 saturated heterocycles. The number of amides is 1. The Morgan fingerprint density at radius 1 is 1.26 bits per heavy atom. The van der Waals surface area contributed by atoms with E-state index >= 15 is 0 Å². The number of benzene rings is 1. The van der Waals surface area contributed by atoms with E-state index in [-0.39, 0.29) is 5.91 Å². The third kappa shape index (κ3) is 8.08. The largest absolute Gasteiger partial charge is 0.497 e. The molecule has 0 aliphatic rings. The second kappa shape index (κ2) is 11.1. The van der Waals surface area contributed by atoms with E-state index in [1.54, 1.807) is 18.3 Å². The first-order valence-corrected chi connectivity index (χ1v) is 8.67. The molecule has 23 heavy (non-hydrogen) atoms. The van der Waals surface area contributed by atoms with Crippen LogP contribution in [0.2, 0.25) is 0 Å². The van der Waals surface area contributed by atoms with Gasteiger partial charge >= 0.3 is 0 Å². The maximum absolute atomic E-state index is 11.1. The molecular formula is C16H25IN4O2. The van der Waals surface area contributed by atoms with Gasteiger partial charge in [0.1, 0.15) is 5.75 Å². The van der Waals surface area contributed by atoms with Crippen LogP contribution in [0, 0.1) is 0 Å². The molecule has 0 bridgehead atoms.